The summed E-state index contributed by atoms with van der Waals surface area (Å²) in [6.07, 6.45) is 4.38. The zero-order valence-corrected chi connectivity index (χ0v) is 13.3. The minimum Gasteiger partial charge on any atom is -0.508 e. The Labute approximate surface area is 135 Å². The molecule has 0 bridgehead atoms. The van der Waals surface area contributed by atoms with E-state index < -0.39 is 0 Å². The van der Waals surface area contributed by atoms with Gasteiger partial charge in [0, 0.05) is 11.7 Å². The van der Waals surface area contributed by atoms with Gasteiger partial charge in [0.15, 0.2) is 0 Å². The maximum Gasteiger partial charge on any atom is 0.322 e. The number of phenolic OH excluding ortho intramolecular Hbond substituents is 1. The van der Waals surface area contributed by atoms with Gasteiger partial charge in [0.05, 0.1) is 6.54 Å². The first-order chi connectivity index (χ1) is 11.1. The van der Waals surface area contributed by atoms with Crippen LogP contribution in [0.5, 0.6) is 5.75 Å². The van der Waals surface area contributed by atoms with Gasteiger partial charge in [-0.2, -0.15) is 0 Å². The molecule has 0 unspecified atom stereocenters. The summed E-state index contributed by atoms with van der Waals surface area (Å²) in [7, 11) is 0. The van der Waals surface area contributed by atoms with E-state index in [2.05, 4.69) is 5.32 Å². The summed E-state index contributed by atoms with van der Waals surface area (Å²) in [5.74, 6) is 1.84. The number of furan rings is 1. The SMILES string of the molecule is Cc1ccc(CN(C(=O)Nc2ccc(O)cc2)C2CCCC2)o1. The molecule has 3 rings (SSSR count). The number of hydrogen-bond donors (Lipinski definition) is 2. The Morgan fingerprint density at radius 3 is 2.52 bits per heavy atom. The van der Waals surface area contributed by atoms with Crippen LogP contribution in [0.1, 0.15) is 37.2 Å². The number of carbonyl (C=O) groups excluding carboxylic acids is 1. The smallest absolute Gasteiger partial charge is 0.322 e. The molecule has 0 radical (unpaired) electrons. The molecule has 5 heteroatoms. The fourth-order valence-corrected chi connectivity index (χ4v) is 3.06. The van der Waals surface area contributed by atoms with Gasteiger partial charge >= 0.3 is 6.03 Å². The molecule has 1 heterocycles. The predicted molar refractivity (Wildman–Crippen MR) is 88.4 cm³/mol. The minimum absolute atomic E-state index is 0.128. The number of benzene rings is 1. The molecule has 0 saturated heterocycles. The zero-order valence-electron chi connectivity index (χ0n) is 13.3. The molecule has 1 aromatic heterocycles. The lowest BCUT2D eigenvalue weighted by Gasteiger charge is -2.28. The molecule has 1 aliphatic carbocycles. The molecule has 0 atom stereocenters. The highest BCUT2D eigenvalue weighted by Crippen LogP contribution is 2.26. The quantitative estimate of drug-likeness (QED) is 0.828. The Kier molecular flexibility index (Phi) is 4.55. The highest BCUT2D eigenvalue weighted by atomic mass is 16.3. The third kappa shape index (κ3) is 3.86. The van der Waals surface area contributed by atoms with Crippen molar-refractivity contribution in [3.05, 3.63) is 47.9 Å². The van der Waals surface area contributed by atoms with Crippen molar-refractivity contribution < 1.29 is 14.3 Å². The van der Waals surface area contributed by atoms with Crippen LogP contribution < -0.4 is 5.32 Å². The summed E-state index contributed by atoms with van der Waals surface area (Å²) < 4.78 is 5.63. The molecule has 122 valence electrons. The number of anilines is 1. The number of phenols is 1. The van der Waals surface area contributed by atoms with Crippen LogP contribution in [0.15, 0.2) is 40.8 Å². The van der Waals surface area contributed by atoms with Gasteiger partial charge in [-0.3, -0.25) is 0 Å². The van der Waals surface area contributed by atoms with Gasteiger partial charge in [0.2, 0.25) is 0 Å². The first-order valence-corrected chi connectivity index (χ1v) is 8.04. The monoisotopic (exact) mass is 314 g/mol. The van der Waals surface area contributed by atoms with Crippen molar-refractivity contribution in [1.29, 1.82) is 0 Å². The van der Waals surface area contributed by atoms with Crippen LogP contribution >= 0.6 is 0 Å². The van der Waals surface area contributed by atoms with Gasteiger partial charge in [-0.1, -0.05) is 12.8 Å². The third-order valence-corrected chi connectivity index (χ3v) is 4.27. The number of carbonyl (C=O) groups is 1. The molecule has 2 N–H and O–H groups in total. The Morgan fingerprint density at radius 1 is 1.22 bits per heavy atom. The van der Waals surface area contributed by atoms with Crippen LogP contribution in [-0.4, -0.2) is 22.1 Å². The lowest BCUT2D eigenvalue weighted by molar-refractivity contribution is 0.178. The molecule has 0 aliphatic heterocycles. The maximum atomic E-state index is 12.7. The van der Waals surface area contributed by atoms with Crippen molar-refractivity contribution in [2.24, 2.45) is 0 Å². The van der Waals surface area contributed by atoms with Gasteiger partial charge in [-0.25, -0.2) is 4.79 Å². The molecule has 23 heavy (non-hydrogen) atoms. The van der Waals surface area contributed by atoms with Gasteiger partial charge in [-0.05, 0) is 56.2 Å². The molecule has 0 spiro atoms. The Bertz CT molecular complexity index is 657. The van der Waals surface area contributed by atoms with Crippen molar-refractivity contribution in [3.63, 3.8) is 0 Å². The molecule has 2 amide bonds. The van der Waals surface area contributed by atoms with E-state index in [1.165, 1.54) is 0 Å². The number of aromatic hydroxyl groups is 1. The molecule has 1 aromatic carbocycles. The Hall–Kier alpha value is -2.43. The van der Waals surface area contributed by atoms with Gasteiger partial charge in [0.25, 0.3) is 0 Å². The van der Waals surface area contributed by atoms with Gasteiger partial charge in [-0.15, -0.1) is 0 Å². The largest absolute Gasteiger partial charge is 0.508 e. The van der Waals surface area contributed by atoms with Crippen molar-refractivity contribution in [2.75, 3.05) is 5.32 Å². The molecular weight excluding hydrogens is 292 g/mol. The standard InChI is InChI=1S/C18H22N2O3/c1-13-6-11-17(23-13)12-20(15-4-2-3-5-15)18(22)19-14-7-9-16(21)10-8-14/h6-11,15,21H,2-5,12H2,1H3,(H,19,22). The van der Waals surface area contributed by atoms with Crippen LogP contribution in [-0.2, 0) is 6.54 Å². The summed E-state index contributed by atoms with van der Waals surface area (Å²) >= 11 is 0. The van der Waals surface area contributed by atoms with E-state index in [0.29, 0.717) is 12.2 Å². The topological polar surface area (TPSA) is 65.7 Å². The van der Waals surface area contributed by atoms with E-state index >= 15 is 0 Å². The van der Waals surface area contributed by atoms with E-state index in [0.717, 1.165) is 37.2 Å². The second-order valence-corrected chi connectivity index (χ2v) is 6.06. The fourth-order valence-electron chi connectivity index (χ4n) is 3.06. The molecule has 1 aliphatic rings. The third-order valence-electron chi connectivity index (χ3n) is 4.27. The van der Waals surface area contributed by atoms with Crippen LogP contribution in [0.25, 0.3) is 0 Å². The van der Waals surface area contributed by atoms with Crippen molar-refractivity contribution in [2.45, 2.75) is 45.2 Å². The van der Waals surface area contributed by atoms with Gasteiger partial charge < -0.3 is 19.7 Å². The highest BCUT2D eigenvalue weighted by Gasteiger charge is 2.27. The molecule has 1 saturated carbocycles. The minimum atomic E-state index is -0.128. The average molecular weight is 314 g/mol. The van der Waals surface area contributed by atoms with Crippen molar-refractivity contribution in [3.8, 4) is 5.75 Å². The fraction of sp³-hybridized carbons (Fsp3) is 0.389. The molecule has 5 nitrogen and oxygen atoms in total. The summed E-state index contributed by atoms with van der Waals surface area (Å²) in [6, 6.07) is 10.5. The first-order valence-electron chi connectivity index (χ1n) is 8.04. The van der Waals surface area contributed by atoms with Crippen LogP contribution in [0.4, 0.5) is 10.5 Å². The van der Waals surface area contributed by atoms with Crippen LogP contribution in [0.3, 0.4) is 0 Å². The van der Waals surface area contributed by atoms with E-state index in [4.69, 9.17) is 4.42 Å². The number of nitrogens with one attached hydrogen (secondary N) is 1. The van der Waals surface area contributed by atoms with Crippen LogP contribution in [0.2, 0.25) is 0 Å². The van der Waals surface area contributed by atoms with E-state index in [1.807, 2.05) is 24.0 Å². The molecular formula is C18H22N2O3. The summed E-state index contributed by atoms with van der Waals surface area (Å²) in [5, 5.41) is 12.2. The molecule has 1 fully saturated rings. The number of urea groups is 1. The Morgan fingerprint density at radius 2 is 1.91 bits per heavy atom. The number of nitrogens with zero attached hydrogens (tertiary/aromatic N) is 1. The zero-order chi connectivity index (χ0) is 16.2. The lowest BCUT2D eigenvalue weighted by Crippen LogP contribution is -2.41. The highest BCUT2D eigenvalue weighted by molar-refractivity contribution is 5.89. The average Bonchev–Trinajstić information content (AvgIpc) is 3.18. The van der Waals surface area contributed by atoms with Crippen LogP contribution in [0, 0.1) is 6.92 Å². The summed E-state index contributed by atoms with van der Waals surface area (Å²) in [4.78, 5) is 14.6. The lowest BCUT2D eigenvalue weighted by atomic mass is 10.2. The molecule has 2 aromatic rings. The first kappa shape index (κ1) is 15.5. The van der Waals surface area contributed by atoms with Gasteiger partial charge in [0.1, 0.15) is 17.3 Å². The van der Waals surface area contributed by atoms with Crippen molar-refractivity contribution >= 4 is 11.7 Å². The second-order valence-electron chi connectivity index (χ2n) is 6.06. The van der Waals surface area contributed by atoms with E-state index in [1.54, 1.807) is 24.3 Å². The predicted octanol–water partition coefficient (Wildman–Crippen LogP) is 4.27. The van der Waals surface area contributed by atoms with E-state index in [-0.39, 0.29) is 17.8 Å². The Balaban J connectivity index is 1.73. The van der Waals surface area contributed by atoms with Crippen molar-refractivity contribution in [1.82, 2.24) is 4.90 Å². The number of rotatable bonds is 4. The second kappa shape index (κ2) is 6.77. The number of amides is 2. The number of aryl methyl sites for hydroxylation is 1. The maximum absolute atomic E-state index is 12.7. The number of hydrogen-bond acceptors (Lipinski definition) is 3. The normalized spacial score (nSPS) is 14.8. The van der Waals surface area contributed by atoms with E-state index in [9.17, 15) is 9.90 Å². The summed E-state index contributed by atoms with van der Waals surface area (Å²) in [6.45, 7) is 2.38. The summed E-state index contributed by atoms with van der Waals surface area (Å²) in [5.41, 5.74) is 0.673.